The third kappa shape index (κ3) is 1.35. The van der Waals surface area contributed by atoms with Gasteiger partial charge in [-0.25, -0.2) is 4.98 Å². The van der Waals surface area contributed by atoms with Crippen molar-refractivity contribution in [1.29, 1.82) is 0 Å². The van der Waals surface area contributed by atoms with Crippen LogP contribution in [-0.2, 0) is 0 Å². The Hall–Kier alpha value is -0.290. The number of nitrogens with zero attached hydrogens (tertiary/aromatic N) is 1. The lowest BCUT2D eigenvalue weighted by atomic mass is 10.3. The van der Waals surface area contributed by atoms with Crippen LogP contribution in [-0.4, -0.2) is 9.97 Å². The standard InChI is InChI=1S/C7H4ClIN2/c8-4-1-2-5-6(3-4)11-7(9)10-5/h1-3H,(H,10,11). The second-order valence-electron chi connectivity index (χ2n) is 2.19. The number of aromatic nitrogens is 2. The molecule has 0 saturated carbocycles. The number of hydrogen-bond acceptors (Lipinski definition) is 1. The number of H-pyrrole nitrogens is 1. The largest absolute Gasteiger partial charge is 0.333 e. The number of hydrogen-bond donors (Lipinski definition) is 1. The predicted octanol–water partition coefficient (Wildman–Crippen LogP) is 2.82. The van der Waals surface area contributed by atoms with Gasteiger partial charge in [-0.1, -0.05) is 11.6 Å². The predicted molar refractivity (Wildman–Crippen MR) is 53.8 cm³/mol. The molecule has 0 atom stereocenters. The van der Waals surface area contributed by atoms with Gasteiger partial charge in [0, 0.05) is 5.02 Å². The van der Waals surface area contributed by atoms with Gasteiger partial charge in [-0.2, -0.15) is 0 Å². The minimum atomic E-state index is 0.734. The molecule has 0 amide bonds. The van der Waals surface area contributed by atoms with Crippen molar-refractivity contribution < 1.29 is 0 Å². The Bertz CT molecular complexity index is 396. The van der Waals surface area contributed by atoms with Crippen LogP contribution in [0.3, 0.4) is 0 Å². The minimum Gasteiger partial charge on any atom is -0.333 e. The number of imidazole rings is 1. The maximum absolute atomic E-state index is 5.78. The van der Waals surface area contributed by atoms with E-state index in [2.05, 4.69) is 32.6 Å². The number of halogens is 2. The highest BCUT2D eigenvalue weighted by Crippen LogP contribution is 2.17. The molecular formula is C7H4ClIN2. The molecule has 2 nitrogen and oxygen atoms in total. The van der Waals surface area contributed by atoms with Crippen LogP contribution in [0.5, 0.6) is 0 Å². The van der Waals surface area contributed by atoms with E-state index in [1.165, 1.54) is 0 Å². The van der Waals surface area contributed by atoms with Crippen LogP contribution in [0.25, 0.3) is 11.0 Å². The van der Waals surface area contributed by atoms with E-state index in [9.17, 15) is 0 Å². The minimum absolute atomic E-state index is 0.734. The molecule has 1 aromatic heterocycles. The highest BCUT2D eigenvalue weighted by atomic mass is 127. The number of benzene rings is 1. The first-order valence-corrected chi connectivity index (χ1v) is 4.52. The van der Waals surface area contributed by atoms with Crippen LogP contribution >= 0.6 is 34.2 Å². The fourth-order valence-electron chi connectivity index (χ4n) is 0.951. The lowest BCUT2D eigenvalue weighted by Gasteiger charge is -1.87. The SMILES string of the molecule is Clc1ccc2nc(I)[nH]c2c1. The molecule has 11 heavy (non-hydrogen) atoms. The van der Waals surface area contributed by atoms with Gasteiger partial charge in [0.15, 0.2) is 3.83 Å². The van der Waals surface area contributed by atoms with Crippen molar-refractivity contribution in [3.8, 4) is 0 Å². The molecule has 0 unspecified atom stereocenters. The fourth-order valence-corrected chi connectivity index (χ4v) is 1.67. The molecule has 0 spiro atoms. The Morgan fingerprint density at radius 1 is 1.45 bits per heavy atom. The van der Waals surface area contributed by atoms with Crippen LogP contribution < -0.4 is 0 Å². The molecule has 2 aromatic rings. The van der Waals surface area contributed by atoms with Crippen molar-refractivity contribution in [2.45, 2.75) is 0 Å². The topological polar surface area (TPSA) is 28.7 Å². The van der Waals surface area contributed by atoms with E-state index in [0.29, 0.717) is 0 Å². The summed E-state index contributed by atoms with van der Waals surface area (Å²) in [5.41, 5.74) is 1.95. The van der Waals surface area contributed by atoms with Crippen molar-refractivity contribution in [2.75, 3.05) is 0 Å². The first-order valence-electron chi connectivity index (χ1n) is 3.06. The van der Waals surface area contributed by atoms with Gasteiger partial charge in [0.05, 0.1) is 11.0 Å². The second kappa shape index (κ2) is 2.64. The van der Waals surface area contributed by atoms with Gasteiger partial charge in [0.1, 0.15) is 0 Å². The molecule has 2 rings (SSSR count). The quantitative estimate of drug-likeness (QED) is 0.738. The zero-order valence-corrected chi connectivity index (χ0v) is 8.35. The maximum atomic E-state index is 5.78. The first-order chi connectivity index (χ1) is 5.25. The van der Waals surface area contributed by atoms with E-state index in [-0.39, 0.29) is 0 Å². The third-order valence-corrected chi connectivity index (χ3v) is 2.16. The second-order valence-corrected chi connectivity index (χ2v) is 3.65. The maximum Gasteiger partial charge on any atom is 0.169 e. The molecule has 4 heteroatoms. The Labute approximate surface area is 82.1 Å². The lowest BCUT2D eigenvalue weighted by molar-refractivity contribution is 1.26. The van der Waals surface area contributed by atoms with Crippen molar-refractivity contribution in [3.05, 3.63) is 27.1 Å². The number of aromatic amines is 1. The first kappa shape index (κ1) is 7.36. The molecule has 0 saturated heterocycles. The Morgan fingerprint density at radius 3 is 3.09 bits per heavy atom. The smallest absolute Gasteiger partial charge is 0.169 e. The molecule has 0 bridgehead atoms. The molecule has 0 radical (unpaired) electrons. The molecule has 0 fully saturated rings. The normalized spacial score (nSPS) is 10.7. The molecule has 56 valence electrons. The van der Waals surface area contributed by atoms with Gasteiger partial charge in [0.2, 0.25) is 0 Å². The molecule has 0 aliphatic rings. The molecule has 0 aliphatic heterocycles. The summed E-state index contributed by atoms with van der Waals surface area (Å²) in [5.74, 6) is 0. The van der Waals surface area contributed by atoms with E-state index >= 15 is 0 Å². The summed E-state index contributed by atoms with van der Waals surface area (Å²) in [6.07, 6.45) is 0. The molecule has 1 heterocycles. The summed E-state index contributed by atoms with van der Waals surface area (Å²) in [4.78, 5) is 7.32. The van der Waals surface area contributed by atoms with E-state index in [1.807, 2.05) is 18.2 Å². The van der Waals surface area contributed by atoms with Gasteiger partial charge in [-0.3, -0.25) is 0 Å². The van der Waals surface area contributed by atoms with Gasteiger partial charge >= 0.3 is 0 Å². The summed E-state index contributed by atoms with van der Waals surface area (Å²) < 4.78 is 0.889. The summed E-state index contributed by atoms with van der Waals surface area (Å²) >= 11 is 7.91. The summed E-state index contributed by atoms with van der Waals surface area (Å²) in [5, 5.41) is 0.734. The fraction of sp³-hybridized carbons (Fsp3) is 0. The zero-order valence-electron chi connectivity index (χ0n) is 5.44. The van der Waals surface area contributed by atoms with Crippen LogP contribution in [0.15, 0.2) is 18.2 Å². The van der Waals surface area contributed by atoms with Crippen LogP contribution in [0, 0.1) is 3.83 Å². The molecular weight excluding hydrogens is 274 g/mol. The molecule has 1 aromatic carbocycles. The molecule has 1 N–H and O–H groups in total. The summed E-state index contributed by atoms with van der Waals surface area (Å²) in [6, 6.07) is 5.60. The van der Waals surface area contributed by atoms with Gasteiger partial charge in [0.25, 0.3) is 0 Å². The Kier molecular flexibility index (Phi) is 1.77. The summed E-state index contributed by atoms with van der Waals surface area (Å²) in [6.45, 7) is 0. The van der Waals surface area contributed by atoms with Crippen molar-refractivity contribution >= 4 is 45.2 Å². The van der Waals surface area contributed by atoms with Crippen LogP contribution in [0.2, 0.25) is 5.02 Å². The summed E-state index contributed by atoms with van der Waals surface area (Å²) in [7, 11) is 0. The van der Waals surface area contributed by atoms with E-state index in [1.54, 1.807) is 0 Å². The Balaban J connectivity index is 2.82. The zero-order chi connectivity index (χ0) is 7.84. The Morgan fingerprint density at radius 2 is 2.27 bits per heavy atom. The number of rotatable bonds is 0. The highest BCUT2D eigenvalue weighted by molar-refractivity contribution is 14.1. The number of nitrogens with one attached hydrogen (secondary N) is 1. The van der Waals surface area contributed by atoms with E-state index < -0.39 is 0 Å². The van der Waals surface area contributed by atoms with Gasteiger partial charge < -0.3 is 4.98 Å². The highest BCUT2D eigenvalue weighted by Gasteiger charge is 1.98. The average molecular weight is 278 g/mol. The van der Waals surface area contributed by atoms with Crippen molar-refractivity contribution in [1.82, 2.24) is 9.97 Å². The van der Waals surface area contributed by atoms with Crippen molar-refractivity contribution in [3.63, 3.8) is 0 Å². The average Bonchev–Trinajstić information content (AvgIpc) is 2.27. The van der Waals surface area contributed by atoms with E-state index in [0.717, 1.165) is 19.9 Å². The third-order valence-electron chi connectivity index (χ3n) is 1.42. The van der Waals surface area contributed by atoms with E-state index in [4.69, 9.17) is 11.6 Å². The number of fused-ring (bicyclic) bond motifs is 1. The monoisotopic (exact) mass is 278 g/mol. The van der Waals surface area contributed by atoms with Gasteiger partial charge in [-0.05, 0) is 40.8 Å². The van der Waals surface area contributed by atoms with Gasteiger partial charge in [-0.15, -0.1) is 0 Å². The lowest BCUT2D eigenvalue weighted by Crippen LogP contribution is -1.67. The van der Waals surface area contributed by atoms with Crippen LogP contribution in [0.4, 0.5) is 0 Å². The van der Waals surface area contributed by atoms with Crippen LogP contribution in [0.1, 0.15) is 0 Å². The molecule has 0 aliphatic carbocycles. The van der Waals surface area contributed by atoms with Crippen molar-refractivity contribution in [2.24, 2.45) is 0 Å².